The van der Waals surface area contributed by atoms with Crippen molar-refractivity contribution in [2.24, 2.45) is 5.92 Å². The first kappa shape index (κ1) is 19.7. The number of nitrogens with zero attached hydrogens (tertiary/aromatic N) is 2. The van der Waals surface area contributed by atoms with Crippen LogP contribution >= 0.6 is 11.3 Å². The number of benzene rings is 1. The molecule has 1 atom stereocenters. The maximum Gasteiger partial charge on any atom is 0.231 e. The standard InChI is InChI=1S/C21H25N3O4S/c1-27-15-7-8-16(18(10-15)28-2)17-12-29-21(22-17)23-20(26)13-9-19(25)24(11-13)14-5-3-4-6-14/h7-8,10,12-14H,3-6,9,11H2,1-2H3,(H,22,23,26). The highest BCUT2D eigenvalue weighted by Gasteiger charge is 2.38. The lowest BCUT2D eigenvalue weighted by Crippen LogP contribution is -2.35. The van der Waals surface area contributed by atoms with Crippen LogP contribution in [0.5, 0.6) is 11.5 Å². The van der Waals surface area contributed by atoms with Gasteiger partial charge in [-0.15, -0.1) is 11.3 Å². The number of anilines is 1. The van der Waals surface area contributed by atoms with Gasteiger partial charge in [-0.05, 0) is 25.0 Å². The number of aromatic nitrogens is 1. The molecule has 1 aromatic heterocycles. The number of ether oxygens (including phenoxy) is 2. The fraction of sp³-hybridized carbons (Fsp3) is 0.476. The first-order chi connectivity index (χ1) is 14.1. The summed E-state index contributed by atoms with van der Waals surface area (Å²) in [4.78, 5) is 31.5. The summed E-state index contributed by atoms with van der Waals surface area (Å²) in [5.74, 6) is 1.00. The van der Waals surface area contributed by atoms with Gasteiger partial charge in [0.25, 0.3) is 0 Å². The molecule has 2 aromatic rings. The number of methoxy groups -OCH3 is 2. The number of thiazole rings is 1. The molecule has 1 aliphatic heterocycles. The van der Waals surface area contributed by atoms with Gasteiger partial charge in [-0.2, -0.15) is 0 Å². The van der Waals surface area contributed by atoms with E-state index in [0.717, 1.165) is 24.1 Å². The van der Waals surface area contributed by atoms with Crippen LogP contribution in [0.2, 0.25) is 0 Å². The van der Waals surface area contributed by atoms with Crippen LogP contribution in [0.1, 0.15) is 32.1 Å². The van der Waals surface area contributed by atoms with E-state index in [1.165, 1.54) is 24.2 Å². The second-order valence-electron chi connectivity index (χ2n) is 7.48. The van der Waals surface area contributed by atoms with Crippen molar-refractivity contribution in [1.29, 1.82) is 0 Å². The molecule has 7 nitrogen and oxygen atoms in total. The van der Waals surface area contributed by atoms with E-state index in [0.29, 0.717) is 29.2 Å². The van der Waals surface area contributed by atoms with Crippen molar-refractivity contribution in [3.63, 3.8) is 0 Å². The number of hydrogen-bond donors (Lipinski definition) is 1. The Bertz CT molecular complexity index is 907. The molecule has 2 amide bonds. The summed E-state index contributed by atoms with van der Waals surface area (Å²) in [5, 5.41) is 5.29. The van der Waals surface area contributed by atoms with Gasteiger partial charge in [0, 0.05) is 36.0 Å². The summed E-state index contributed by atoms with van der Waals surface area (Å²) in [6, 6.07) is 5.84. The number of likely N-dealkylation sites (tertiary alicyclic amines) is 1. The summed E-state index contributed by atoms with van der Waals surface area (Å²) in [6.07, 6.45) is 4.73. The molecule has 2 aliphatic rings. The molecular weight excluding hydrogens is 390 g/mol. The van der Waals surface area contributed by atoms with Crippen molar-refractivity contribution in [1.82, 2.24) is 9.88 Å². The third kappa shape index (κ3) is 4.07. The van der Waals surface area contributed by atoms with Crippen molar-refractivity contribution in [2.75, 3.05) is 26.1 Å². The second-order valence-corrected chi connectivity index (χ2v) is 8.34. The number of hydrogen-bond acceptors (Lipinski definition) is 6. The third-order valence-electron chi connectivity index (χ3n) is 5.71. The Labute approximate surface area is 174 Å². The van der Waals surface area contributed by atoms with Crippen LogP contribution in [0.25, 0.3) is 11.3 Å². The Kier molecular flexibility index (Phi) is 5.71. The molecule has 1 aromatic carbocycles. The van der Waals surface area contributed by atoms with E-state index in [9.17, 15) is 9.59 Å². The summed E-state index contributed by atoms with van der Waals surface area (Å²) in [7, 11) is 3.20. The predicted octanol–water partition coefficient (Wildman–Crippen LogP) is 3.56. The number of amides is 2. The summed E-state index contributed by atoms with van der Waals surface area (Å²) in [6.45, 7) is 0.514. The smallest absolute Gasteiger partial charge is 0.231 e. The molecule has 0 bridgehead atoms. The Balaban J connectivity index is 1.43. The monoisotopic (exact) mass is 415 g/mol. The Morgan fingerprint density at radius 2 is 2.03 bits per heavy atom. The molecule has 1 N–H and O–H groups in total. The van der Waals surface area contributed by atoms with Gasteiger partial charge >= 0.3 is 0 Å². The predicted molar refractivity (Wildman–Crippen MR) is 111 cm³/mol. The molecule has 1 aliphatic carbocycles. The zero-order valence-electron chi connectivity index (χ0n) is 16.6. The fourth-order valence-corrected chi connectivity index (χ4v) is 4.86. The van der Waals surface area contributed by atoms with Gasteiger partial charge in [0.1, 0.15) is 11.5 Å². The fourth-order valence-electron chi connectivity index (χ4n) is 4.15. The minimum Gasteiger partial charge on any atom is -0.497 e. The van der Waals surface area contributed by atoms with E-state index in [2.05, 4.69) is 10.3 Å². The Morgan fingerprint density at radius 3 is 2.76 bits per heavy atom. The van der Waals surface area contributed by atoms with Gasteiger partial charge in [-0.25, -0.2) is 4.98 Å². The van der Waals surface area contributed by atoms with Gasteiger partial charge in [0.05, 0.1) is 25.8 Å². The minimum absolute atomic E-state index is 0.0971. The molecule has 4 rings (SSSR count). The van der Waals surface area contributed by atoms with Crippen LogP contribution in [0.15, 0.2) is 23.6 Å². The Morgan fingerprint density at radius 1 is 1.24 bits per heavy atom. The largest absolute Gasteiger partial charge is 0.497 e. The first-order valence-corrected chi connectivity index (χ1v) is 10.7. The minimum atomic E-state index is -0.314. The van der Waals surface area contributed by atoms with Crippen molar-refractivity contribution >= 4 is 28.3 Å². The van der Waals surface area contributed by atoms with Crippen molar-refractivity contribution < 1.29 is 19.1 Å². The molecule has 0 spiro atoms. The van der Waals surface area contributed by atoms with Crippen molar-refractivity contribution in [2.45, 2.75) is 38.1 Å². The normalized spacial score (nSPS) is 19.6. The van der Waals surface area contributed by atoms with Gasteiger partial charge < -0.3 is 19.7 Å². The number of rotatable bonds is 6. The average molecular weight is 416 g/mol. The van der Waals surface area contributed by atoms with E-state index in [-0.39, 0.29) is 24.2 Å². The van der Waals surface area contributed by atoms with Gasteiger partial charge in [0.15, 0.2) is 5.13 Å². The van der Waals surface area contributed by atoms with Crippen LogP contribution in [-0.4, -0.2) is 48.5 Å². The summed E-state index contributed by atoms with van der Waals surface area (Å²) < 4.78 is 10.7. The summed E-state index contributed by atoms with van der Waals surface area (Å²) in [5.41, 5.74) is 1.55. The lowest BCUT2D eigenvalue weighted by Gasteiger charge is -2.23. The van der Waals surface area contributed by atoms with Crippen molar-refractivity contribution in [3.05, 3.63) is 23.6 Å². The van der Waals surface area contributed by atoms with Gasteiger partial charge in [-0.1, -0.05) is 12.8 Å². The maximum absolute atomic E-state index is 12.7. The number of carbonyl (C=O) groups excluding carboxylic acids is 2. The maximum atomic E-state index is 12.7. The summed E-state index contributed by atoms with van der Waals surface area (Å²) >= 11 is 1.36. The van der Waals surface area contributed by atoms with Crippen LogP contribution in [0.4, 0.5) is 5.13 Å². The molecule has 1 saturated heterocycles. The van der Waals surface area contributed by atoms with E-state index in [4.69, 9.17) is 9.47 Å². The molecule has 1 unspecified atom stereocenters. The quantitative estimate of drug-likeness (QED) is 0.780. The molecule has 1 saturated carbocycles. The molecular formula is C21H25N3O4S. The topological polar surface area (TPSA) is 80.8 Å². The average Bonchev–Trinajstić information content (AvgIpc) is 3.48. The lowest BCUT2D eigenvalue weighted by molar-refractivity contribution is -0.129. The molecule has 2 fully saturated rings. The van der Waals surface area contributed by atoms with Crippen molar-refractivity contribution in [3.8, 4) is 22.8 Å². The van der Waals surface area contributed by atoms with E-state index < -0.39 is 0 Å². The molecule has 2 heterocycles. The van der Waals surface area contributed by atoms with Gasteiger partial charge in [0.2, 0.25) is 11.8 Å². The molecule has 29 heavy (non-hydrogen) atoms. The highest BCUT2D eigenvalue weighted by molar-refractivity contribution is 7.14. The zero-order chi connectivity index (χ0) is 20.4. The molecule has 8 heteroatoms. The van der Waals surface area contributed by atoms with Crippen LogP contribution in [-0.2, 0) is 9.59 Å². The number of carbonyl (C=O) groups is 2. The van der Waals surface area contributed by atoms with E-state index in [1.807, 2.05) is 22.4 Å². The second kappa shape index (κ2) is 8.41. The van der Waals surface area contributed by atoms with E-state index in [1.54, 1.807) is 20.3 Å². The van der Waals surface area contributed by atoms with E-state index >= 15 is 0 Å². The first-order valence-electron chi connectivity index (χ1n) is 9.87. The highest BCUT2D eigenvalue weighted by Crippen LogP contribution is 2.35. The highest BCUT2D eigenvalue weighted by atomic mass is 32.1. The SMILES string of the molecule is COc1ccc(-c2csc(NC(=O)C3CC(=O)N(C4CCCC4)C3)n2)c(OC)c1. The number of nitrogens with one attached hydrogen (secondary N) is 1. The zero-order valence-corrected chi connectivity index (χ0v) is 17.5. The van der Waals surface area contributed by atoms with Crippen LogP contribution in [0, 0.1) is 5.92 Å². The lowest BCUT2D eigenvalue weighted by atomic mass is 10.1. The van der Waals surface area contributed by atoms with Crippen LogP contribution < -0.4 is 14.8 Å². The molecule has 154 valence electrons. The van der Waals surface area contributed by atoms with Gasteiger partial charge in [-0.3, -0.25) is 9.59 Å². The third-order valence-corrected chi connectivity index (χ3v) is 6.47. The Hall–Kier alpha value is -2.61. The molecule has 0 radical (unpaired) electrons. The van der Waals surface area contributed by atoms with Crippen LogP contribution in [0.3, 0.4) is 0 Å².